The predicted octanol–water partition coefficient (Wildman–Crippen LogP) is 1.10. The number of imidazole rings is 1. The summed E-state index contributed by atoms with van der Waals surface area (Å²) >= 11 is 0. The summed E-state index contributed by atoms with van der Waals surface area (Å²) in [7, 11) is 2.02. The summed E-state index contributed by atoms with van der Waals surface area (Å²) in [5.41, 5.74) is 1.73. The van der Waals surface area contributed by atoms with Crippen LogP contribution in [0, 0.1) is 13.8 Å². The molecule has 8 nitrogen and oxygen atoms in total. The molecule has 130 valence electrons. The second-order valence-corrected chi connectivity index (χ2v) is 6.07. The Kier molecular flexibility index (Phi) is 5.06. The van der Waals surface area contributed by atoms with Crippen molar-refractivity contribution in [1.82, 2.24) is 29.6 Å². The number of hydrogen-bond donors (Lipinski definition) is 1. The van der Waals surface area contributed by atoms with Crippen molar-refractivity contribution >= 4 is 5.95 Å². The molecular weight excluding hydrogens is 306 g/mol. The van der Waals surface area contributed by atoms with Crippen molar-refractivity contribution in [2.75, 3.05) is 31.6 Å². The van der Waals surface area contributed by atoms with E-state index in [2.05, 4.69) is 41.9 Å². The molecule has 0 aliphatic carbocycles. The van der Waals surface area contributed by atoms with Crippen molar-refractivity contribution in [1.29, 1.82) is 0 Å². The zero-order valence-corrected chi connectivity index (χ0v) is 14.7. The summed E-state index contributed by atoms with van der Waals surface area (Å²) in [6, 6.07) is 0.107. The minimum absolute atomic E-state index is 0.0231. The maximum absolute atomic E-state index is 6.04. The Balaban J connectivity index is 1.76. The summed E-state index contributed by atoms with van der Waals surface area (Å²) in [6.45, 7) is 9.19. The highest BCUT2D eigenvalue weighted by molar-refractivity contribution is 5.25. The predicted molar refractivity (Wildman–Crippen MR) is 90.7 cm³/mol. The number of ether oxygens (including phenoxy) is 1. The van der Waals surface area contributed by atoms with Crippen molar-refractivity contribution in [3.63, 3.8) is 0 Å². The fraction of sp³-hybridized carbons (Fsp3) is 0.625. The minimum atomic E-state index is -0.0231. The van der Waals surface area contributed by atoms with E-state index in [-0.39, 0.29) is 12.1 Å². The number of rotatable bonds is 5. The molecule has 2 aromatic rings. The molecule has 1 saturated heterocycles. The van der Waals surface area contributed by atoms with Gasteiger partial charge in [-0.15, -0.1) is 5.10 Å². The van der Waals surface area contributed by atoms with E-state index in [0.29, 0.717) is 19.1 Å². The number of nitrogens with zero attached hydrogens (tertiary/aromatic N) is 6. The Morgan fingerprint density at radius 1 is 1.29 bits per heavy atom. The zero-order chi connectivity index (χ0) is 17.1. The molecule has 3 heterocycles. The molecular formula is C16H25N7O. The standard InChI is InChI=1S/C16H25N7O/c1-5-23-8-9-24-13(14(23)15-17-6-7-22(15)4)10-18-16-19-11(2)12(3)20-21-16/h6-7,13-14H,5,8-10H2,1-4H3,(H,18,19,21)/t13-,14+/m0/s1. The van der Waals surface area contributed by atoms with Crippen LogP contribution in [0.4, 0.5) is 5.95 Å². The molecule has 1 N–H and O–H groups in total. The zero-order valence-electron chi connectivity index (χ0n) is 14.7. The number of aromatic nitrogens is 5. The van der Waals surface area contributed by atoms with Gasteiger partial charge in [0.2, 0.25) is 5.95 Å². The van der Waals surface area contributed by atoms with Gasteiger partial charge in [0.1, 0.15) is 5.82 Å². The molecule has 0 aromatic carbocycles. The van der Waals surface area contributed by atoms with E-state index in [9.17, 15) is 0 Å². The Hall–Kier alpha value is -2.06. The highest BCUT2D eigenvalue weighted by Crippen LogP contribution is 2.28. The third-order valence-corrected chi connectivity index (χ3v) is 4.54. The molecule has 3 rings (SSSR count). The topological polar surface area (TPSA) is 81.0 Å². The molecule has 1 fully saturated rings. The Morgan fingerprint density at radius 2 is 2.12 bits per heavy atom. The Labute approximate surface area is 142 Å². The number of likely N-dealkylation sites (N-methyl/N-ethyl adjacent to an activating group) is 1. The van der Waals surface area contributed by atoms with Crippen LogP contribution in [0.25, 0.3) is 0 Å². The lowest BCUT2D eigenvalue weighted by Gasteiger charge is -2.40. The van der Waals surface area contributed by atoms with Gasteiger partial charge in [0.25, 0.3) is 0 Å². The molecule has 2 atom stereocenters. The van der Waals surface area contributed by atoms with Crippen LogP contribution in [0.3, 0.4) is 0 Å². The molecule has 0 bridgehead atoms. The summed E-state index contributed by atoms with van der Waals surface area (Å²) in [5.74, 6) is 1.55. The number of aryl methyl sites for hydroxylation is 3. The van der Waals surface area contributed by atoms with E-state index in [4.69, 9.17) is 4.74 Å². The van der Waals surface area contributed by atoms with Crippen molar-refractivity contribution in [2.45, 2.75) is 32.9 Å². The summed E-state index contributed by atoms with van der Waals surface area (Å²) in [6.07, 6.45) is 3.78. The van der Waals surface area contributed by atoms with Crippen LogP contribution in [0.5, 0.6) is 0 Å². The molecule has 0 saturated carbocycles. The van der Waals surface area contributed by atoms with E-state index in [1.165, 1.54) is 0 Å². The molecule has 1 aliphatic rings. The van der Waals surface area contributed by atoms with Crippen LogP contribution in [0.1, 0.15) is 30.2 Å². The van der Waals surface area contributed by atoms with E-state index in [0.717, 1.165) is 30.3 Å². The Morgan fingerprint density at radius 3 is 2.79 bits per heavy atom. The van der Waals surface area contributed by atoms with Crippen LogP contribution >= 0.6 is 0 Å². The number of hydrogen-bond acceptors (Lipinski definition) is 7. The molecule has 0 radical (unpaired) electrons. The van der Waals surface area contributed by atoms with E-state index < -0.39 is 0 Å². The summed E-state index contributed by atoms with van der Waals surface area (Å²) < 4.78 is 8.10. The van der Waals surface area contributed by atoms with Crippen LogP contribution in [-0.4, -0.2) is 62.0 Å². The first-order valence-corrected chi connectivity index (χ1v) is 8.34. The van der Waals surface area contributed by atoms with Gasteiger partial charge in [-0.2, -0.15) is 5.10 Å². The van der Waals surface area contributed by atoms with Crippen LogP contribution in [0.15, 0.2) is 12.4 Å². The molecule has 8 heteroatoms. The average molecular weight is 331 g/mol. The lowest BCUT2D eigenvalue weighted by Crippen LogP contribution is -2.48. The molecule has 1 aliphatic heterocycles. The van der Waals surface area contributed by atoms with Gasteiger partial charge < -0.3 is 14.6 Å². The van der Waals surface area contributed by atoms with Crippen LogP contribution < -0.4 is 5.32 Å². The van der Waals surface area contributed by atoms with Crippen molar-refractivity contribution in [2.24, 2.45) is 7.05 Å². The van der Waals surface area contributed by atoms with Crippen molar-refractivity contribution in [3.8, 4) is 0 Å². The van der Waals surface area contributed by atoms with Crippen LogP contribution in [-0.2, 0) is 11.8 Å². The van der Waals surface area contributed by atoms with Gasteiger partial charge >= 0.3 is 0 Å². The van der Waals surface area contributed by atoms with Crippen LogP contribution in [0.2, 0.25) is 0 Å². The highest BCUT2D eigenvalue weighted by atomic mass is 16.5. The number of anilines is 1. The van der Waals surface area contributed by atoms with Crippen molar-refractivity contribution in [3.05, 3.63) is 29.6 Å². The first-order valence-electron chi connectivity index (χ1n) is 8.34. The lowest BCUT2D eigenvalue weighted by molar-refractivity contribution is -0.0676. The third kappa shape index (κ3) is 3.39. The van der Waals surface area contributed by atoms with Gasteiger partial charge in [0.15, 0.2) is 0 Å². The van der Waals surface area contributed by atoms with Gasteiger partial charge in [-0.1, -0.05) is 6.92 Å². The maximum atomic E-state index is 6.04. The smallest absolute Gasteiger partial charge is 0.243 e. The van der Waals surface area contributed by atoms with Gasteiger partial charge in [-0.25, -0.2) is 9.97 Å². The van der Waals surface area contributed by atoms with E-state index >= 15 is 0 Å². The summed E-state index contributed by atoms with van der Waals surface area (Å²) in [4.78, 5) is 11.4. The average Bonchev–Trinajstić information content (AvgIpc) is 3.01. The number of nitrogens with one attached hydrogen (secondary N) is 1. The second kappa shape index (κ2) is 7.23. The first kappa shape index (κ1) is 16.8. The third-order valence-electron chi connectivity index (χ3n) is 4.54. The fourth-order valence-corrected chi connectivity index (χ4v) is 3.03. The SMILES string of the molecule is CCN1CCO[C@@H](CNc2nnc(C)c(C)n2)[C@@H]1c1nccn1C. The minimum Gasteiger partial charge on any atom is -0.373 e. The first-order chi connectivity index (χ1) is 11.6. The van der Waals surface area contributed by atoms with Gasteiger partial charge in [0, 0.05) is 32.5 Å². The highest BCUT2D eigenvalue weighted by Gasteiger charge is 2.35. The molecule has 0 amide bonds. The molecule has 0 spiro atoms. The van der Waals surface area contributed by atoms with Crippen molar-refractivity contribution < 1.29 is 4.74 Å². The van der Waals surface area contributed by atoms with E-state index in [1.54, 1.807) is 0 Å². The van der Waals surface area contributed by atoms with Gasteiger partial charge in [-0.3, -0.25) is 4.90 Å². The molecule has 2 aromatic heterocycles. The largest absolute Gasteiger partial charge is 0.373 e. The Bertz CT molecular complexity index is 687. The fourth-order valence-electron chi connectivity index (χ4n) is 3.03. The number of morpholine rings is 1. The monoisotopic (exact) mass is 331 g/mol. The molecule has 0 unspecified atom stereocenters. The quantitative estimate of drug-likeness (QED) is 0.878. The van der Waals surface area contributed by atoms with E-state index in [1.807, 2.05) is 33.3 Å². The normalized spacial score (nSPS) is 21.8. The second-order valence-electron chi connectivity index (χ2n) is 6.07. The van der Waals surface area contributed by atoms with Gasteiger partial charge in [-0.05, 0) is 20.4 Å². The lowest BCUT2D eigenvalue weighted by atomic mass is 10.1. The van der Waals surface area contributed by atoms with Gasteiger partial charge in [0.05, 0.1) is 30.1 Å². The molecule has 24 heavy (non-hydrogen) atoms. The maximum Gasteiger partial charge on any atom is 0.243 e. The summed E-state index contributed by atoms with van der Waals surface area (Å²) in [5, 5.41) is 11.5.